The van der Waals surface area contributed by atoms with Crippen LogP contribution in [0.4, 0.5) is 38.5 Å². The summed E-state index contributed by atoms with van der Waals surface area (Å²) < 4.78 is 18.8. The molecule has 9 rings (SSSR count). The maximum Gasteiger partial charge on any atom is 0.305 e. The highest BCUT2D eigenvalue weighted by atomic mass is 19.1. The highest BCUT2D eigenvalue weighted by molar-refractivity contribution is 6.01. The SMILES string of the molecule is COC(=O)CCCc1ccc(N(c2ccccc2)c2ccc(-c3ccc(-c4ccc(N(c5ccccc5)c5ccccc5)cc4)c4nn(-c5ccc(F)cc5)nc34)cc2)cc1. The summed E-state index contributed by atoms with van der Waals surface area (Å²) >= 11 is 0. The number of hydrogen-bond acceptors (Lipinski definition) is 6. The van der Waals surface area contributed by atoms with Crippen molar-refractivity contribution < 1.29 is 13.9 Å². The predicted molar refractivity (Wildman–Crippen MR) is 244 cm³/mol. The number of ether oxygens (including phenoxy) is 1. The van der Waals surface area contributed by atoms with Gasteiger partial charge in [0.05, 0.1) is 12.8 Å². The number of aryl methyl sites for hydroxylation is 1. The molecule has 0 aliphatic rings. The predicted octanol–water partition coefficient (Wildman–Crippen LogP) is 13.3. The molecular formula is C53H42FN5O2. The van der Waals surface area contributed by atoms with Crippen LogP contribution in [0.3, 0.4) is 0 Å². The second kappa shape index (κ2) is 17.6. The Morgan fingerprint density at radius 2 is 0.902 bits per heavy atom. The lowest BCUT2D eigenvalue weighted by Gasteiger charge is -2.26. The van der Waals surface area contributed by atoms with Crippen LogP contribution in [0.25, 0.3) is 39.0 Å². The van der Waals surface area contributed by atoms with Gasteiger partial charge in [-0.05, 0) is 127 Å². The number of halogens is 1. The zero-order chi connectivity index (χ0) is 41.5. The lowest BCUT2D eigenvalue weighted by atomic mass is 9.97. The van der Waals surface area contributed by atoms with E-state index in [0.29, 0.717) is 12.1 Å². The Balaban J connectivity index is 1.07. The Morgan fingerprint density at radius 3 is 1.31 bits per heavy atom. The van der Waals surface area contributed by atoms with E-state index in [1.807, 2.05) is 54.6 Å². The van der Waals surface area contributed by atoms with Crippen molar-refractivity contribution in [3.63, 3.8) is 0 Å². The first-order chi connectivity index (χ1) is 30.0. The lowest BCUT2D eigenvalue weighted by Crippen LogP contribution is -2.09. The van der Waals surface area contributed by atoms with Gasteiger partial charge >= 0.3 is 5.97 Å². The molecule has 0 aliphatic heterocycles. The second-order valence-corrected chi connectivity index (χ2v) is 14.7. The van der Waals surface area contributed by atoms with E-state index in [4.69, 9.17) is 14.9 Å². The van der Waals surface area contributed by atoms with Gasteiger partial charge < -0.3 is 14.5 Å². The molecule has 7 nitrogen and oxygen atoms in total. The number of carbonyl (C=O) groups excluding carboxylic acids is 1. The Kier molecular flexibility index (Phi) is 11.1. The number of anilines is 6. The van der Waals surface area contributed by atoms with E-state index >= 15 is 0 Å². The smallest absolute Gasteiger partial charge is 0.305 e. The summed E-state index contributed by atoms with van der Waals surface area (Å²) in [5, 5.41) is 10.1. The number of nitrogens with zero attached hydrogens (tertiary/aromatic N) is 5. The molecule has 0 fully saturated rings. The van der Waals surface area contributed by atoms with Crippen molar-refractivity contribution in [2.24, 2.45) is 0 Å². The number of carbonyl (C=O) groups is 1. The number of benzene rings is 8. The number of esters is 1. The summed E-state index contributed by atoms with van der Waals surface area (Å²) in [7, 11) is 1.42. The molecule has 0 unspecified atom stereocenters. The van der Waals surface area contributed by atoms with E-state index < -0.39 is 0 Å². The standard InChI is InChI=1S/C53H42FN5O2/c1-61-51(60)19-11-12-38-20-28-45(29-21-38)58(44-17-9-4-10-18-44)47-32-24-40(25-33-47)50-37-36-49(52-53(50)56-59(55-52)48-34-26-41(54)27-35-48)39-22-30-46(31-23-39)57(42-13-5-2-6-14-42)43-15-7-3-8-16-43/h2-10,13-18,20-37H,11-12,19H2,1H3. The molecular weight excluding hydrogens is 758 g/mol. The summed E-state index contributed by atoms with van der Waals surface area (Å²) in [6.07, 6.45) is 1.92. The first-order valence-corrected chi connectivity index (χ1v) is 20.3. The third-order valence-electron chi connectivity index (χ3n) is 10.8. The normalized spacial score (nSPS) is 11.0. The topological polar surface area (TPSA) is 63.5 Å². The van der Waals surface area contributed by atoms with Crippen LogP contribution in [-0.2, 0) is 16.0 Å². The zero-order valence-electron chi connectivity index (χ0n) is 33.6. The maximum atomic E-state index is 14.0. The maximum absolute atomic E-state index is 14.0. The quantitative estimate of drug-likeness (QED) is 0.108. The highest BCUT2D eigenvalue weighted by Crippen LogP contribution is 2.40. The van der Waals surface area contributed by atoms with Crippen LogP contribution >= 0.6 is 0 Å². The average Bonchev–Trinajstić information content (AvgIpc) is 3.77. The van der Waals surface area contributed by atoms with Crippen molar-refractivity contribution in [1.82, 2.24) is 15.0 Å². The Bertz CT molecular complexity index is 2830. The van der Waals surface area contributed by atoms with Gasteiger partial charge in [0.2, 0.25) is 0 Å². The van der Waals surface area contributed by atoms with Crippen molar-refractivity contribution in [2.45, 2.75) is 19.3 Å². The van der Waals surface area contributed by atoms with Crippen LogP contribution in [0.1, 0.15) is 18.4 Å². The molecule has 298 valence electrons. The third kappa shape index (κ3) is 8.38. The molecule has 0 amide bonds. The van der Waals surface area contributed by atoms with E-state index in [1.54, 1.807) is 16.9 Å². The molecule has 0 radical (unpaired) electrons. The summed E-state index contributed by atoms with van der Waals surface area (Å²) in [5.74, 6) is -0.511. The summed E-state index contributed by atoms with van der Waals surface area (Å²) in [4.78, 5) is 17.7. The Morgan fingerprint density at radius 1 is 0.508 bits per heavy atom. The number of rotatable bonds is 13. The van der Waals surface area contributed by atoms with Crippen molar-refractivity contribution in [3.8, 4) is 27.9 Å². The number of para-hydroxylation sites is 3. The molecule has 0 aliphatic carbocycles. The van der Waals surface area contributed by atoms with Crippen molar-refractivity contribution in [3.05, 3.63) is 212 Å². The Labute approximate surface area is 354 Å². The first kappa shape index (κ1) is 38.7. The minimum atomic E-state index is -0.321. The summed E-state index contributed by atoms with van der Waals surface area (Å²) in [6, 6.07) is 66.9. The van der Waals surface area contributed by atoms with Gasteiger partial charge in [-0.15, -0.1) is 10.2 Å². The molecule has 8 aromatic carbocycles. The molecule has 0 N–H and O–H groups in total. The van der Waals surface area contributed by atoms with Crippen LogP contribution in [0.15, 0.2) is 200 Å². The molecule has 8 heteroatoms. The zero-order valence-corrected chi connectivity index (χ0v) is 33.6. The van der Waals surface area contributed by atoms with E-state index in [0.717, 1.165) is 85.8 Å². The molecule has 0 saturated carbocycles. The molecule has 61 heavy (non-hydrogen) atoms. The van der Waals surface area contributed by atoms with Crippen LogP contribution < -0.4 is 9.80 Å². The minimum Gasteiger partial charge on any atom is -0.469 e. The van der Waals surface area contributed by atoms with Gasteiger partial charge in [0.1, 0.15) is 16.9 Å². The second-order valence-electron chi connectivity index (χ2n) is 14.7. The van der Waals surface area contributed by atoms with Crippen LogP contribution in [-0.4, -0.2) is 28.1 Å². The van der Waals surface area contributed by atoms with E-state index in [2.05, 4.69) is 131 Å². The van der Waals surface area contributed by atoms with Crippen molar-refractivity contribution in [1.29, 1.82) is 0 Å². The largest absolute Gasteiger partial charge is 0.469 e. The molecule has 1 heterocycles. The first-order valence-electron chi connectivity index (χ1n) is 20.3. The monoisotopic (exact) mass is 799 g/mol. The summed E-state index contributed by atoms with van der Waals surface area (Å²) in [5.41, 5.74) is 13.3. The van der Waals surface area contributed by atoms with E-state index in [1.165, 1.54) is 19.2 Å². The highest BCUT2D eigenvalue weighted by Gasteiger charge is 2.19. The Hall–Kier alpha value is -7.84. The molecule has 1 aromatic heterocycles. The number of fused-ring (bicyclic) bond motifs is 1. The number of methoxy groups -OCH3 is 1. The molecule has 0 spiro atoms. The lowest BCUT2D eigenvalue weighted by molar-refractivity contribution is -0.140. The summed E-state index contributed by atoms with van der Waals surface area (Å²) in [6.45, 7) is 0. The fourth-order valence-electron chi connectivity index (χ4n) is 7.71. The van der Waals surface area contributed by atoms with E-state index in [-0.39, 0.29) is 11.8 Å². The number of aromatic nitrogens is 3. The van der Waals surface area contributed by atoms with E-state index in [9.17, 15) is 9.18 Å². The fraction of sp³-hybridized carbons (Fsp3) is 0.0755. The third-order valence-corrected chi connectivity index (χ3v) is 10.8. The molecule has 0 atom stereocenters. The van der Waals surface area contributed by atoms with Crippen LogP contribution in [0.5, 0.6) is 0 Å². The van der Waals surface area contributed by atoms with Crippen molar-refractivity contribution >= 4 is 51.1 Å². The van der Waals surface area contributed by atoms with Gasteiger partial charge in [0.15, 0.2) is 0 Å². The van der Waals surface area contributed by atoms with Crippen molar-refractivity contribution in [2.75, 3.05) is 16.9 Å². The fourth-order valence-corrected chi connectivity index (χ4v) is 7.71. The van der Waals surface area contributed by atoms with Gasteiger partial charge in [-0.2, -0.15) is 4.80 Å². The van der Waals surface area contributed by atoms with Gasteiger partial charge in [0.25, 0.3) is 0 Å². The number of hydrogen-bond donors (Lipinski definition) is 0. The minimum absolute atomic E-state index is 0.190. The van der Waals surface area contributed by atoms with Crippen LogP contribution in [0.2, 0.25) is 0 Å². The van der Waals surface area contributed by atoms with Crippen LogP contribution in [0, 0.1) is 5.82 Å². The molecule has 9 aromatic rings. The molecule has 0 saturated heterocycles. The van der Waals surface area contributed by atoms with Gasteiger partial charge in [0, 0.05) is 51.7 Å². The molecule has 0 bridgehead atoms. The van der Waals surface area contributed by atoms with Gasteiger partial charge in [-0.1, -0.05) is 103 Å². The van der Waals surface area contributed by atoms with Gasteiger partial charge in [-0.3, -0.25) is 4.79 Å². The van der Waals surface area contributed by atoms with Gasteiger partial charge in [-0.25, -0.2) is 4.39 Å². The average molecular weight is 800 g/mol.